The Kier molecular flexibility index (Phi) is 7.99. The summed E-state index contributed by atoms with van der Waals surface area (Å²) >= 11 is 5.81. The van der Waals surface area contributed by atoms with Gasteiger partial charge < -0.3 is 4.57 Å². The molecule has 0 saturated heterocycles. The van der Waals surface area contributed by atoms with E-state index in [9.17, 15) is 18.9 Å². The van der Waals surface area contributed by atoms with Gasteiger partial charge in [-0.25, -0.2) is 0 Å². The zero-order valence-electron chi connectivity index (χ0n) is 21.0. The van der Waals surface area contributed by atoms with Crippen molar-refractivity contribution >= 4 is 40.9 Å². The molecule has 0 heterocycles. The van der Waals surface area contributed by atoms with Gasteiger partial charge in [-0.05, 0) is 69.4 Å². The summed E-state index contributed by atoms with van der Waals surface area (Å²) in [4.78, 5) is 41.1. The van der Waals surface area contributed by atoms with Crippen molar-refractivity contribution in [1.82, 2.24) is 0 Å². The quantitative estimate of drug-likeness (QED) is 0.186. The van der Waals surface area contributed by atoms with E-state index >= 15 is 0 Å². The van der Waals surface area contributed by atoms with E-state index in [4.69, 9.17) is 11.6 Å². The molecule has 1 unspecified atom stereocenters. The van der Waals surface area contributed by atoms with Crippen LogP contribution in [0.4, 0.5) is 0 Å². The summed E-state index contributed by atoms with van der Waals surface area (Å²) in [5, 5.41) is 0.183. The number of halogens is 1. The van der Waals surface area contributed by atoms with Gasteiger partial charge >= 0.3 is 0 Å². The summed E-state index contributed by atoms with van der Waals surface area (Å²) in [7, 11) is -4.32. The summed E-state index contributed by atoms with van der Waals surface area (Å²) in [5.41, 5.74) is 3.49. The first-order chi connectivity index (χ1) is 16.4. The first kappa shape index (κ1) is 26.8. The molecule has 0 saturated carbocycles. The van der Waals surface area contributed by atoms with Crippen molar-refractivity contribution < 1.29 is 18.9 Å². The van der Waals surface area contributed by atoms with Crippen molar-refractivity contribution in [2.24, 2.45) is 0 Å². The molecule has 0 aliphatic heterocycles. The zero-order valence-corrected chi connectivity index (χ0v) is 22.6. The predicted octanol–water partition coefficient (Wildman–Crippen LogP) is 7.02. The number of carbonyl (C=O) groups is 3. The molecule has 35 heavy (non-hydrogen) atoms. The summed E-state index contributed by atoms with van der Waals surface area (Å²) in [6.07, 6.45) is 0.122. The van der Waals surface area contributed by atoms with E-state index in [-0.39, 0.29) is 29.0 Å². The van der Waals surface area contributed by atoms with Gasteiger partial charge in [0.15, 0.2) is 5.78 Å². The van der Waals surface area contributed by atoms with Crippen molar-refractivity contribution in [3.8, 4) is 0 Å². The molecule has 1 atom stereocenters. The fraction of sp³-hybridized carbons (Fsp3) is 0.276. The standard InChI is InChI=1S/C29H30ClO4P/c1-17-14-18(2)25(19(3)15-17)28(32)35(34,23-10-8-7-9-11-23)29(33)27-21(5)16-20(4)26(22(27)6)24(31)12-13-30/h7-11,14-16H,12-13H2,1-6H3. The fourth-order valence-electron chi connectivity index (χ4n) is 4.95. The molecule has 3 aromatic carbocycles. The number of carbonyl (C=O) groups excluding carboxylic acids is 3. The van der Waals surface area contributed by atoms with Crippen LogP contribution in [0.3, 0.4) is 0 Å². The van der Waals surface area contributed by atoms with Crippen LogP contribution in [-0.2, 0) is 4.57 Å². The molecule has 0 amide bonds. The molecule has 182 valence electrons. The van der Waals surface area contributed by atoms with Gasteiger partial charge in [0.25, 0.3) is 0 Å². The molecule has 4 nitrogen and oxygen atoms in total. The number of alkyl halides is 1. The monoisotopic (exact) mass is 508 g/mol. The third-order valence-electron chi connectivity index (χ3n) is 6.37. The van der Waals surface area contributed by atoms with Gasteiger partial charge in [-0.15, -0.1) is 11.6 Å². The second-order valence-corrected chi connectivity index (χ2v) is 12.0. The highest BCUT2D eigenvalue weighted by molar-refractivity contribution is 8.01. The van der Waals surface area contributed by atoms with Crippen LogP contribution in [-0.4, -0.2) is 22.7 Å². The predicted molar refractivity (Wildman–Crippen MR) is 143 cm³/mol. The van der Waals surface area contributed by atoms with E-state index < -0.39 is 18.2 Å². The van der Waals surface area contributed by atoms with Crippen molar-refractivity contribution in [2.45, 2.75) is 48.0 Å². The number of hydrogen-bond acceptors (Lipinski definition) is 4. The van der Waals surface area contributed by atoms with Crippen LogP contribution in [0.5, 0.6) is 0 Å². The Hall–Kier alpha value is -2.81. The van der Waals surface area contributed by atoms with Gasteiger partial charge in [-0.2, -0.15) is 0 Å². The fourth-order valence-corrected chi connectivity index (χ4v) is 7.70. The summed E-state index contributed by atoms with van der Waals surface area (Å²) < 4.78 is 14.8. The second-order valence-electron chi connectivity index (χ2n) is 9.08. The van der Waals surface area contributed by atoms with Gasteiger partial charge in [-0.3, -0.25) is 14.4 Å². The summed E-state index contributed by atoms with van der Waals surface area (Å²) in [6, 6.07) is 13.7. The Labute approximate surface area is 212 Å². The summed E-state index contributed by atoms with van der Waals surface area (Å²) in [5.74, 6) is -0.0304. The SMILES string of the molecule is Cc1cc(C)c(C(=O)P(=O)(C(=O)c2c(C)cc(C)c(C(=O)CCCl)c2C)c2ccccc2)c(C)c1. The van der Waals surface area contributed by atoms with E-state index in [0.717, 1.165) is 11.1 Å². The molecule has 3 aromatic rings. The van der Waals surface area contributed by atoms with E-state index in [0.29, 0.717) is 33.4 Å². The highest BCUT2D eigenvalue weighted by Gasteiger charge is 2.45. The minimum absolute atomic E-state index is 0.122. The van der Waals surface area contributed by atoms with Gasteiger partial charge in [0.05, 0.1) is 0 Å². The molecular formula is C29H30ClO4P. The molecular weight excluding hydrogens is 479 g/mol. The number of rotatable bonds is 8. The van der Waals surface area contributed by atoms with Crippen LogP contribution in [0.2, 0.25) is 0 Å². The topological polar surface area (TPSA) is 68.3 Å². The number of aryl methyl sites for hydroxylation is 5. The Morgan fingerprint density at radius 1 is 0.714 bits per heavy atom. The highest BCUT2D eigenvalue weighted by atomic mass is 35.5. The average molecular weight is 509 g/mol. The van der Waals surface area contributed by atoms with Gasteiger partial charge in [-0.1, -0.05) is 54.1 Å². The molecule has 0 aliphatic carbocycles. The minimum atomic E-state index is -4.32. The third kappa shape index (κ3) is 4.83. The van der Waals surface area contributed by atoms with E-state index in [2.05, 4.69) is 0 Å². The highest BCUT2D eigenvalue weighted by Crippen LogP contribution is 2.53. The maximum atomic E-state index is 14.8. The van der Waals surface area contributed by atoms with Gasteiger partial charge in [0, 0.05) is 34.3 Å². The lowest BCUT2D eigenvalue weighted by Gasteiger charge is -2.22. The van der Waals surface area contributed by atoms with Crippen LogP contribution in [0.1, 0.15) is 70.9 Å². The van der Waals surface area contributed by atoms with Crippen LogP contribution >= 0.6 is 18.7 Å². The number of hydrogen-bond donors (Lipinski definition) is 0. The van der Waals surface area contributed by atoms with Crippen LogP contribution in [0, 0.1) is 41.5 Å². The molecule has 0 spiro atoms. The van der Waals surface area contributed by atoms with Gasteiger partial charge in [0.2, 0.25) is 18.2 Å². The van der Waals surface area contributed by atoms with Crippen molar-refractivity contribution in [3.05, 3.63) is 98.6 Å². The van der Waals surface area contributed by atoms with Crippen LogP contribution in [0.25, 0.3) is 0 Å². The van der Waals surface area contributed by atoms with Crippen molar-refractivity contribution in [1.29, 1.82) is 0 Å². The van der Waals surface area contributed by atoms with Crippen molar-refractivity contribution in [3.63, 3.8) is 0 Å². The zero-order chi connectivity index (χ0) is 26.1. The Balaban J connectivity index is 2.34. The van der Waals surface area contributed by atoms with Crippen LogP contribution < -0.4 is 5.30 Å². The third-order valence-corrected chi connectivity index (χ3v) is 9.17. The molecule has 0 fully saturated rings. The Morgan fingerprint density at radius 2 is 1.20 bits per heavy atom. The lowest BCUT2D eigenvalue weighted by Crippen LogP contribution is -2.23. The molecule has 0 N–H and O–H groups in total. The average Bonchev–Trinajstić information content (AvgIpc) is 2.78. The molecule has 0 aliphatic rings. The molecule has 6 heteroatoms. The van der Waals surface area contributed by atoms with Crippen molar-refractivity contribution in [2.75, 3.05) is 5.88 Å². The molecule has 0 bridgehead atoms. The van der Waals surface area contributed by atoms with E-state index in [1.165, 1.54) is 0 Å². The number of Topliss-reactive ketones (excluding diaryl/α,β-unsaturated/α-hetero) is 1. The molecule has 0 radical (unpaired) electrons. The largest absolute Gasteiger partial charge is 0.302 e. The lowest BCUT2D eigenvalue weighted by atomic mass is 9.91. The maximum Gasteiger partial charge on any atom is 0.248 e. The Bertz CT molecular complexity index is 1370. The van der Waals surface area contributed by atoms with E-state index in [1.807, 2.05) is 19.1 Å². The molecule has 3 rings (SSSR count). The normalized spacial score (nSPS) is 12.8. The van der Waals surface area contributed by atoms with Crippen LogP contribution in [0.15, 0.2) is 48.5 Å². The Morgan fingerprint density at radius 3 is 1.74 bits per heavy atom. The first-order valence-electron chi connectivity index (χ1n) is 11.5. The minimum Gasteiger partial charge on any atom is -0.302 e. The number of ketones is 1. The van der Waals surface area contributed by atoms with E-state index in [1.54, 1.807) is 71.0 Å². The maximum absolute atomic E-state index is 14.8. The number of benzene rings is 3. The summed E-state index contributed by atoms with van der Waals surface area (Å²) in [6.45, 7) is 10.7. The second kappa shape index (κ2) is 10.4. The lowest BCUT2D eigenvalue weighted by molar-refractivity contribution is 0.0987. The first-order valence-corrected chi connectivity index (χ1v) is 13.7. The smallest absolute Gasteiger partial charge is 0.248 e. The van der Waals surface area contributed by atoms with Gasteiger partial charge in [0.1, 0.15) is 0 Å². The molecule has 0 aromatic heterocycles.